The van der Waals surface area contributed by atoms with Crippen molar-refractivity contribution in [2.75, 3.05) is 5.75 Å². The minimum Gasteiger partial charge on any atom is -0.370 e. The minimum absolute atomic E-state index is 0.305. The number of carbonyl (C=O) groups excluding carboxylic acids is 1. The van der Waals surface area contributed by atoms with Gasteiger partial charge in [-0.3, -0.25) is 4.79 Å². The van der Waals surface area contributed by atoms with Crippen molar-refractivity contribution in [3.63, 3.8) is 0 Å². The van der Waals surface area contributed by atoms with Gasteiger partial charge in [0.1, 0.15) is 5.82 Å². The molecule has 1 aromatic rings. The Labute approximate surface area is 93.4 Å². The van der Waals surface area contributed by atoms with Crippen molar-refractivity contribution in [3.8, 4) is 0 Å². The third-order valence-electron chi connectivity index (χ3n) is 1.96. The lowest BCUT2D eigenvalue weighted by Gasteiger charge is -2.01. The van der Waals surface area contributed by atoms with Gasteiger partial charge in [-0.05, 0) is 6.42 Å². The van der Waals surface area contributed by atoms with Crippen molar-refractivity contribution >= 4 is 17.7 Å². The molecule has 1 aromatic heterocycles. The number of primary amides is 1. The predicted molar refractivity (Wildman–Crippen MR) is 59.5 cm³/mol. The van der Waals surface area contributed by atoms with Crippen LogP contribution in [-0.2, 0) is 18.3 Å². The zero-order valence-corrected chi connectivity index (χ0v) is 9.88. The first-order valence-electron chi connectivity index (χ1n) is 4.94. The third-order valence-corrected chi connectivity index (χ3v) is 3.18. The van der Waals surface area contributed by atoms with E-state index in [1.165, 1.54) is 0 Å². The molecular weight excluding hydrogens is 212 g/mol. The van der Waals surface area contributed by atoms with E-state index in [4.69, 9.17) is 5.73 Å². The largest absolute Gasteiger partial charge is 0.370 e. The molecule has 2 N–H and O–H groups in total. The van der Waals surface area contributed by atoms with Crippen LogP contribution < -0.4 is 5.73 Å². The number of hydrogen-bond donors (Lipinski definition) is 1. The zero-order valence-electron chi connectivity index (χ0n) is 9.06. The van der Waals surface area contributed by atoms with Gasteiger partial charge in [0.05, 0.1) is 0 Å². The number of thioether (sulfide) groups is 1. The Morgan fingerprint density at radius 3 is 2.87 bits per heavy atom. The van der Waals surface area contributed by atoms with Gasteiger partial charge in [-0.15, -0.1) is 10.2 Å². The lowest BCUT2D eigenvalue weighted by atomic mass is 10.3. The standard InChI is InChI=1S/C9H16N4OS/c1-3-6-15-9-12-11-8(13(9)2)5-4-7(10)14/h3-6H2,1-2H3,(H2,10,14). The van der Waals surface area contributed by atoms with E-state index in [0.717, 1.165) is 23.2 Å². The number of carbonyl (C=O) groups is 1. The Morgan fingerprint density at radius 1 is 1.53 bits per heavy atom. The maximum Gasteiger partial charge on any atom is 0.217 e. The van der Waals surface area contributed by atoms with E-state index >= 15 is 0 Å². The average molecular weight is 228 g/mol. The second-order valence-corrected chi connectivity index (χ2v) is 4.33. The van der Waals surface area contributed by atoms with Crippen LogP contribution in [0.3, 0.4) is 0 Å². The molecule has 0 atom stereocenters. The molecular formula is C9H16N4OS. The molecule has 5 nitrogen and oxygen atoms in total. The highest BCUT2D eigenvalue weighted by molar-refractivity contribution is 7.99. The van der Waals surface area contributed by atoms with Crippen LogP contribution in [0.25, 0.3) is 0 Å². The highest BCUT2D eigenvalue weighted by Crippen LogP contribution is 2.16. The normalized spacial score (nSPS) is 10.5. The van der Waals surface area contributed by atoms with Crippen LogP contribution >= 0.6 is 11.8 Å². The predicted octanol–water partition coefficient (Wildman–Crippen LogP) is 0.735. The molecule has 0 aliphatic heterocycles. The first-order chi connectivity index (χ1) is 7.15. The molecule has 1 amide bonds. The molecule has 0 bridgehead atoms. The number of hydrogen-bond acceptors (Lipinski definition) is 4. The summed E-state index contributed by atoms with van der Waals surface area (Å²) in [6, 6.07) is 0. The first kappa shape index (κ1) is 12.0. The monoisotopic (exact) mass is 228 g/mol. The van der Waals surface area contributed by atoms with E-state index in [1.807, 2.05) is 11.6 Å². The van der Waals surface area contributed by atoms with Crippen LogP contribution in [0, 0.1) is 0 Å². The molecule has 0 aliphatic carbocycles. The summed E-state index contributed by atoms with van der Waals surface area (Å²) in [5, 5.41) is 8.98. The van der Waals surface area contributed by atoms with Crippen LogP contribution in [0.15, 0.2) is 5.16 Å². The van der Waals surface area contributed by atoms with E-state index in [9.17, 15) is 4.79 Å². The maximum absolute atomic E-state index is 10.6. The van der Waals surface area contributed by atoms with E-state index in [2.05, 4.69) is 17.1 Å². The smallest absolute Gasteiger partial charge is 0.217 e. The Morgan fingerprint density at radius 2 is 2.27 bits per heavy atom. The molecule has 0 aliphatic rings. The van der Waals surface area contributed by atoms with Crippen molar-refractivity contribution in [2.45, 2.75) is 31.3 Å². The summed E-state index contributed by atoms with van der Waals surface area (Å²) in [6.07, 6.45) is 1.99. The lowest BCUT2D eigenvalue weighted by Crippen LogP contribution is -2.12. The van der Waals surface area contributed by atoms with Crippen molar-refractivity contribution in [3.05, 3.63) is 5.82 Å². The maximum atomic E-state index is 10.6. The molecule has 0 saturated heterocycles. The molecule has 15 heavy (non-hydrogen) atoms. The van der Waals surface area contributed by atoms with Crippen molar-refractivity contribution in [2.24, 2.45) is 12.8 Å². The van der Waals surface area contributed by atoms with Gasteiger partial charge in [-0.2, -0.15) is 0 Å². The van der Waals surface area contributed by atoms with Crippen LogP contribution in [0.4, 0.5) is 0 Å². The number of nitrogens with zero attached hydrogens (tertiary/aromatic N) is 3. The fourth-order valence-corrected chi connectivity index (χ4v) is 1.90. The van der Waals surface area contributed by atoms with Crippen molar-refractivity contribution in [1.29, 1.82) is 0 Å². The van der Waals surface area contributed by atoms with Gasteiger partial charge in [-0.25, -0.2) is 0 Å². The van der Waals surface area contributed by atoms with E-state index < -0.39 is 0 Å². The van der Waals surface area contributed by atoms with Crippen LogP contribution in [-0.4, -0.2) is 26.4 Å². The van der Waals surface area contributed by atoms with E-state index in [1.54, 1.807) is 11.8 Å². The van der Waals surface area contributed by atoms with Gasteiger partial charge in [0.15, 0.2) is 5.16 Å². The van der Waals surface area contributed by atoms with E-state index in [-0.39, 0.29) is 5.91 Å². The summed E-state index contributed by atoms with van der Waals surface area (Å²) in [4.78, 5) is 10.6. The second-order valence-electron chi connectivity index (χ2n) is 3.27. The average Bonchev–Trinajstić information content (AvgIpc) is 2.54. The molecule has 0 fully saturated rings. The van der Waals surface area contributed by atoms with Gasteiger partial charge in [0.2, 0.25) is 5.91 Å². The molecule has 6 heteroatoms. The Bertz CT molecular complexity index is 337. The summed E-state index contributed by atoms with van der Waals surface area (Å²) >= 11 is 1.68. The lowest BCUT2D eigenvalue weighted by molar-refractivity contribution is -0.118. The molecule has 1 rings (SSSR count). The Kier molecular flexibility index (Phi) is 4.61. The number of nitrogens with two attached hydrogens (primary N) is 1. The zero-order chi connectivity index (χ0) is 11.3. The topological polar surface area (TPSA) is 73.8 Å². The summed E-state index contributed by atoms with van der Waals surface area (Å²) in [6.45, 7) is 2.12. The molecule has 0 radical (unpaired) electrons. The summed E-state index contributed by atoms with van der Waals surface area (Å²) in [5.74, 6) is 1.54. The van der Waals surface area contributed by atoms with Crippen LogP contribution in [0.5, 0.6) is 0 Å². The molecule has 0 saturated carbocycles. The second kappa shape index (κ2) is 5.75. The summed E-state index contributed by atoms with van der Waals surface area (Å²) < 4.78 is 1.92. The van der Waals surface area contributed by atoms with Crippen molar-refractivity contribution in [1.82, 2.24) is 14.8 Å². The number of rotatable bonds is 6. The fraction of sp³-hybridized carbons (Fsp3) is 0.667. The highest BCUT2D eigenvalue weighted by atomic mass is 32.2. The molecule has 1 heterocycles. The molecule has 0 unspecified atom stereocenters. The van der Waals surface area contributed by atoms with Gasteiger partial charge >= 0.3 is 0 Å². The highest BCUT2D eigenvalue weighted by Gasteiger charge is 2.09. The van der Waals surface area contributed by atoms with E-state index in [0.29, 0.717) is 12.8 Å². The minimum atomic E-state index is -0.305. The molecule has 0 spiro atoms. The van der Waals surface area contributed by atoms with Gasteiger partial charge < -0.3 is 10.3 Å². The quantitative estimate of drug-likeness (QED) is 0.729. The summed E-state index contributed by atoms with van der Waals surface area (Å²) in [7, 11) is 1.91. The molecule has 84 valence electrons. The Hall–Kier alpha value is -1.04. The van der Waals surface area contributed by atoms with Gasteiger partial charge in [0, 0.05) is 25.6 Å². The first-order valence-corrected chi connectivity index (χ1v) is 5.93. The number of aryl methyl sites for hydroxylation is 1. The SMILES string of the molecule is CCCSc1nnc(CCC(N)=O)n1C. The fourth-order valence-electron chi connectivity index (χ4n) is 1.12. The number of aromatic nitrogens is 3. The van der Waals surface area contributed by atoms with Gasteiger partial charge in [0.25, 0.3) is 0 Å². The van der Waals surface area contributed by atoms with Crippen LogP contribution in [0.1, 0.15) is 25.6 Å². The third kappa shape index (κ3) is 3.54. The van der Waals surface area contributed by atoms with Gasteiger partial charge in [-0.1, -0.05) is 18.7 Å². The summed E-state index contributed by atoms with van der Waals surface area (Å²) in [5.41, 5.74) is 5.08. The van der Waals surface area contributed by atoms with Crippen molar-refractivity contribution < 1.29 is 4.79 Å². The number of amides is 1. The van der Waals surface area contributed by atoms with Crippen LogP contribution in [0.2, 0.25) is 0 Å². The molecule has 0 aromatic carbocycles. The Balaban J connectivity index is 2.58.